The normalized spacial score (nSPS) is 18.1. The molecular weight excluding hydrogens is 619 g/mol. The van der Waals surface area contributed by atoms with Gasteiger partial charge in [-0.25, -0.2) is 19.9 Å². The topological polar surface area (TPSA) is 134 Å². The molecule has 0 atom stereocenters. The lowest BCUT2D eigenvalue weighted by Crippen LogP contribution is -2.46. The number of ether oxygens (including phenoxy) is 4. The van der Waals surface area contributed by atoms with Gasteiger partial charge in [0.25, 0.3) is 5.91 Å². The Morgan fingerprint density at radius 3 is 2.28 bits per heavy atom. The lowest BCUT2D eigenvalue weighted by molar-refractivity contribution is -0.142. The zero-order valence-corrected chi connectivity index (χ0v) is 25.4. The van der Waals surface area contributed by atoms with Crippen molar-refractivity contribution in [2.45, 2.75) is 50.0 Å². The van der Waals surface area contributed by atoms with Crippen LogP contribution in [0.15, 0.2) is 67.3 Å². The Kier molecular flexibility index (Phi) is 9.61. The summed E-state index contributed by atoms with van der Waals surface area (Å²) in [7, 11) is 1.49. The summed E-state index contributed by atoms with van der Waals surface area (Å²) in [6, 6.07) is 12.6. The molecule has 1 amide bonds. The van der Waals surface area contributed by atoms with Crippen molar-refractivity contribution in [2.24, 2.45) is 0 Å². The number of methoxy groups -OCH3 is 1. The number of carbonyl (C=O) groups is 1. The number of anilines is 2. The number of hydrogen-bond donors (Lipinski definition) is 1. The van der Waals surface area contributed by atoms with E-state index in [0.717, 1.165) is 17.3 Å². The van der Waals surface area contributed by atoms with E-state index in [1.807, 2.05) is 24.3 Å². The molecule has 12 nitrogen and oxygen atoms in total. The smallest absolute Gasteiger partial charge is 0.423 e. The summed E-state index contributed by atoms with van der Waals surface area (Å²) in [5, 5.41) is 3.15. The number of nitrogens with one attached hydrogen (secondary N) is 1. The molecule has 1 aromatic carbocycles. The molecule has 2 aliphatic rings. The van der Waals surface area contributed by atoms with E-state index in [4.69, 9.17) is 18.9 Å². The predicted octanol–water partition coefficient (Wildman–Crippen LogP) is 4.97. The lowest BCUT2D eigenvalue weighted by Gasteiger charge is -2.36. The fraction of sp³-hybridized carbons (Fsp3) is 0.375. The molecule has 4 aromatic rings. The summed E-state index contributed by atoms with van der Waals surface area (Å²) in [4.78, 5) is 36.2. The van der Waals surface area contributed by atoms with Crippen molar-refractivity contribution in [1.29, 1.82) is 0 Å². The van der Waals surface area contributed by atoms with Gasteiger partial charge in [0.1, 0.15) is 23.2 Å². The summed E-state index contributed by atoms with van der Waals surface area (Å²) in [5.41, 5.74) is 0.465. The zero-order valence-electron chi connectivity index (χ0n) is 25.4. The van der Waals surface area contributed by atoms with Gasteiger partial charge in [-0.05, 0) is 49.9 Å². The van der Waals surface area contributed by atoms with Crippen molar-refractivity contribution in [3.8, 4) is 28.8 Å². The summed E-state index contributed by atoms with van der Waals surface area (Å²) >= 11 is 0. The summed E-state index contributed by atoms with van der Waals surface area (Å²) in [6.07, 6.45) is 2.89. The molecule has 4 heterocycles. The summed E-state index contributed by atoms with van der Waals surface area (Å²) < 4.78 is 62.0. The molecule has 1 saturated heterocycles. The highest BCUT2D eigenvalue weighted by Gasteiger charge is 2.38. The molecule has 0 radical (unpaired) electrons. The van der Waals surface area contributed by atoms with Crippen molar-refractivity contribution in [3.63, 3.8) is 0 Å². The Hall–Kier alpha value is -5.05. The molecule has 246 valence electrons. The molecule has 47 heavy (non-hydrogen) atoms. The highest BCUT2D eigenvalue weighted by atomic mass is 19.4. The number of hydrogen-bond acceptors (Lipinski definition) is 11. The van der Waals surface area contributed by atoms with Gasteiger partial charge in [0.05, 0.1) is 20.3 Å². The quantitative estimate of drug-likeness (QED) is 0.236. The molecule has 1 aliphatic heterocycles. The van der Waals surface area contributed by atoms with Crippen molar-refractivity contribution in [3.05, 3.63) is 72.8 Å². The van der Waals surface area contributed by atoms with Crippen LogP contribution in [0.1, 0.15) is 31.2 Å². The minimum Gasteiger partial charge on any atom is -0.484 e. The monoisotopic (exact) mass is 651 g/mol. The van der Waals surface area contributed by atoms with E-state index in [-0.39, 0.29) is 49.8 Å². The van der Waals surface area contributed by atoms with Crippen molar-refractivity contribution < 1.29 is 36.9 Å². The molecule has 0 spiro atoms. The molecule has 15 heteroatoms. The number of rotatable bonds is 11. The number of para-hydroxylation sites is 1. The SMILES string of the molecule is COc1ncc(-c2ccc(N(C(=O)COc3ccccc3)[C@H]3CC[C@H](Nc4ncc(C(F)(F)F)c(OC5COC5)n4)CC3)nc2)cn1. The van der Waals surface area contributed by atoms with Crippen LogP contribution in [0.2, 0.25) is 0 Å². The van der Waals surface area contributed by atoms with Gasteiger partial charge >= 0.3 is 12.2 Å². The molecular formula is C32H32F3N7O5. The van der Waals surface area contributed by atoms with Gasteiger partial charge in [0.15, 0.2) is 6.61 Å². The van der Waals surface area contributed by atoms with E-state index < -0.39 is 23.7 Å². The van der Waals surface area contributed by atoms with Crippen LogP contribution in [0.25, 0.3) is 11.1 Å². The molecule has 2 fully saturated rings. The third-order valence-corrected chi connectivity index (χ3v) is 7.85. The maximum atomic E-state index is 13.7. The predicted molar refractivity (Wildman–Crippen MR) is 163 cm³/mol. The second kappa shape index (κ2) is 14.2. The third kappa shape index (κ3) is 7.85. The fourth-order valence-corrected chi connectivity index (χ4v) is 5.34. The van der Waals surface area contributed by atoms with E-state index >= 15 is 0 Å². The van der Waals surface area contributed by atoms with Gasteiger partial charge in [-0.2, -0.15) is 18.2 Å². The minimum absolute atomic E-state index is 0.0423. The summed E-state index contributed by atoms with van der Waals surface area (Å²) in [5.74, 6) is 0.296. The maximum absolute atomic E-state index is 13.7. The number of aromatic nitrogens is 5. The van der Waals surface area contributed by atoms with Crippen LogP contribution in [0, 0.1) is 0 Å². The first-order chi connectivity index (χ1) is 22.8. The van der Waals surface area contributed by atoms with Gasteiger partial charge in [0, 0.05) is 48.0 Å². The molecule has 1 saturated carbocycles. The second-order valence-electron chi connectivity index (χ2n) is 11.1. The maximum Gasteiger partial charge on any atom is 0.423 e. The highest BCUT2D eigenvalue weighted by molar-refractivity contribution is 5.94. The van der Waals surface area contributed by atoms with Crippen LogP contribution in [0.4, 0.5) is 24.9 Å². The number of amides is 1. The van der Waals surface area contributed by atoms with E-state index in [1.165, 1.54) is 7.11 Å². The Morgan fingerprint density at radius 1 is 0.936 bits per heavy atom. The van der Waals surface area contributed by atoms with Gasteiger partial charge < -0.3 is 24.3 Å². The highest BCUT2D eigenvalue weighted by Crippen LogP contribution is 2.36. The largest absolute Gasteiger partial charge is 0.484 e. The van der Waals surface area contributed by atoms with Crippen LogP contribution in [0.5, 0.6) is 17.6 Å². The van der Waals surface area contributed by atoms with E-state index in [9.17, 15) is 18.0 Å². The van der Waals surface area contributed by atoms with Crippen molar-refractivity contribution in [1.82, 2.24) is 24.9 Å². The van der Waals surface area contributed by atoms with Gasteiger partial charge in [-0.1, -0.05) is 18.2 Å². The first kappa shape index (κ1) is 31.9. The average Bonchev–Trinajstić information content (AvgIpc) is 3.07. The zero-order chi connectivity index (χ0) is 32.8. The number of halogens is 3. The minimum atomic E-state index is -4.66. The standard InChI is InChI=1S/C32H32F3N7O5/c1-44-31-38-14-21(15-39-31)20-7-12-27(36-13-20)42(28(43)19-46-24-5-3-2-4-6-24)23-10-8-22(9-11-23)40-30-37-16-26(32(33,34)35)29(41-30)47-25-17-45-18-25/h2-7,12-16,22-23,25H,8-11,17-19H2,1H3,(H,37,40,41)/t22-,23-. The van der Waals surface area contributed by atoms with E-state index in [1.54, 1.807) is 41.7 Å². The van der Waals surface area contributed by atoms with E-state index in [2.05, 4.69) is 30.2 Å². The third-order valence-electron chi connectivity index (χ3n) is 7.85. The molecule has 0 unspecified atom stereocenters. The second-order valence-corrected chi connectivity index (χ2v) is 11.1. The van der Waals surface area contributed by atoms with E-state index in [0.29, 0.717) is 37.3 Å². The van der Waals surface area contributed by atoms with Crippen LogP contribution >= 0.6 is 0 Å². The molecule has 3 aromatic heterocycles. The Labute approximate surface area is 268 Å². The summed E-state index contributed by atoms with van der Waals surface area (Å²) in [6.45, 7) is 0.215. The van der Waals surface area contributed by atoms with Gasteiger partial charge in [0.2, 0.25) is 11.8 Å². The molecule has 6 rings (SSSR count). The van der Waals surface area contributed by atoms with Crippen LogP contribution in [0.3, 0.4) is 0 Å². The molecule has 1 aliphatic carbocycles. The first-order valence-electron chi connectivity index (χ1n) is 15.0. The Balaban J connectivity index is 1.15. The van der Waals surface area contributed by atoms with Crippen LogP contribution in [-0.2, 0) is 15.7 Å². The van der Waals surface area contributed by atoms with Gasteiger partial charge in [-0.15, -0.1) is 0 Å². The first-order valence-corrected chi connectivity index (χ1v) is 15.0. The van der Waals surface area contributed by atoms with Gasteiger partial charge in [-0.3, -0.25) is 9.69 Å². The number of nitrogens with zero attached hydrogens (tertiary/aromatic N) is 6. The number of carbonyl (C=O) groups excluding carboxylic acids is 1. The van der Waals surface area contributed by atoms with Crippen molar-refractivity contribution >= 4 is 17.7 Å². The lowest BCUT2D eigenvalue weighted by atomic mass is 9.90. The number of benzene rings is 1. The number of alkyl halides is 3. The van der Waals surface area contributed by atoms with Crippen LogP contribution in [-0.4, -0.2) is 75.9 Å². The average molecular weight is 652 g/mol. The Bertz CT molecular complexity index is 1630. The van der Waals surface area contributed by atoms with Crippen molar-refractivity contribution in [2.75, 3.05) is 37.1 Å². The number of pyridine rings is 1. The Morgan fingerprint density at radius 2 is 1.66 bits per heavy atom. The molecule has 0 bridgehead atoms. The fourth-order valence-electron chi connectivity index (χ4n) is 5.34. The van der Waals surface area contributed by atoms with Crippen LogP contribution < -0.4 is 24.4 Å². The molecule has 1 N–H and O–H groups in total.